The van der Waals surface area contributed by atoms with Crippen molar-refractivity contribution in [2.75, 3.05) is 19.0 Å². The molecule has 1 aliphatic heterocycles. The number of methoxy groups -OCH3 is 1. The number of halogens is 1. The molecule has 0 bridgehead atoms. The van der Waals surface area contributed by atoms with Crippen LogP contribution in [0.2, 0.25) is 5.02 Å². The molecule has 1 unspecified atom stereocenters. The number of aliphatic imine (C=N–C) groups is 1. The van der Waals surface area contributed by atoms with E-state index >= 15 is 0 Å². The van der Waals surface area contributed by atoms with Crippen LogP contribution in [0, 0.1) is 0 Å². The number of hydrogen-bond acceptors (Lipinski definition) is 5. The van der Waals surface area contributed by atoms with Gasteiger partial charge in [0.1, 0.15) is 16.7 Å². The van der Waals surface area contributed by atoms with Crippen LogP contribution in [0.4, 0.5) is 11.4 Å². The maximum Gasteiger partial charge on any atom is 0.242 e. The lowest BCUT2D eigenvalue weighted by Crippen LogP contribution is -2.33. The van der Waals surface area contributed by atoms with Crippen molar-refractivity contribution in [2.45, 2.75) is 18.6 Å². The summed E-state index contributed by atoms with van der Waals surface area (Å²) in [4.78, 5) is 31.3. The quantitative estimate of drug-likeness (QED) is 0.759. The van der Waals surface area contributed by atoms with Gasteiger partial charge >= 0.3 is 0 Å². The normalized spacial score (nSPS) is 17.8. The highest BCUT2D eigenvalue weighted by Crippen LogP contribution is 2.34. The molecule has 3 rings (SSSR count). The molecule has 1 N–H and O–H groups in total. The van der Waals surface area contributed by atoms with E-state index in [0.717, 1.165) is 0 Å². The van der Waals surface area contributed by atoms with E-state index in [4.69, 9.17) is 16.3 Å². The average Bonchev–Trinajstić information content (AvgIpc) is 2.98. The molecule has 1 aliphatic rings. The number of nitrogens with one attached hydrogen (secondary N) is 1. The Hall–Kier alpha value is -2.51. The number of carbonyl (C=O) groups excluding carboxylic acids is 2. The number of para-hydroxylation sites is 2. The van der Waals surface area contributed by atoms with E-state index in [1.807, 2.05) is 31.2 Å². The van der Waals surface area contributed by atoms with Gasteiger partial charge in [-0.1, -0.05) is 35.5 Å². The third-order valence-corrected chi connectivity index (χ3v) is 5.56. The maximum absolute atomic E-state index is 12.7. The Bertz CT molecular complexity index is 902. The van der Waals surface area contributed by atoms with Crippen molar-refractivity contribution in [3.05, 3.63) is 53.6 Å². The monoisotopic (exact) mass is 417 g/mol. The van der Waals surface area contributed by atoms with Gasteiger partial charge in [-0.25, -0.2) is 4.99 Å². The summed E-state index contributed by atoms with van der Waals surface area (Å²) >= 11 is 7.15. The molecule has 1 fully saturated rings. The van der Waals surface area contributed by atoms with Gasteiger partial charge in [-0.15, -0.1) is 0 Å². The number of ether oxygens (including phenoxy) is 1. The van der Waals surface area contributed by atoms with Gasteiger partial charge in [0.05, 0.1) is 7.11 Å². The predicted molar refractivity (Wildman–Crippen MR) is 114 cm³/mol. The summed E-state index contributed by atoms with van der Waals surface area (Å²) in [5.41, 5.74) is 1.28. The first-order valence-electron chi connectivity index (χ1n) is 8.77. The molecule has 1 saturated heterocycles. The van der Waals surface area contributed by atoms with E-state index in [1.165, 1.54) is 11.8 Å². The summed E-state index contributed by atoms with van der Waals surface area (Å²) in [5.74, 6) is 0.276. The molecular formula is C20H20ClN3O3S. The second kappa shape index (κ2) is 9.12. The molecule has 0 spiro atoms. The molecule has 6 nitrogen and oxygen atoms in total. The minimum Gasteiger partial charge on any atom is -0.494 e. The second-order valence-corrected chi connectivity index (χ2v) is 7.62. The Balaban J connectivity index is 1.73. The molecule has 0 radical (unpaired) electrons. The number of carbonyl (C=O) groups is 2. The number of hydrogen-bond donors (Lipinski definition) is 1. The number of thioether (sulfide) groups is 1. The SMILES string of the molecule is CCN1C(=O)C(CC(=O)Nc2ccc(Cl)cc2)SC1=Nc1ccccc1OC. The zero-order valence-electron chi connectivity index (χ0n) is 15.5. The van der Waals surface area contributed by atoms with Crippen LogP contribution in [0.3, 0.4) is 0 Å². The molecule has 0 aromatic heterocycles. The van der Waals surface area contributed by atoms with Crippen molar-refractivity contribution in [1.82, 2.24) is 4.90 Å². The lowest BCUT2D eigenvalue weighted by molar-refractivity contribution is -0.128. The van der Waals surface area contributed by atoms with E-state index in [-0.39, 0.29) is 18.2 Å². The van der Waals surface area contributed by atoms with Crippen molar-refractivity contribution in [2.24, 2.45) is 4.99 Å². The number of nitrogens with zero attached hydrogens (tertiary/aromatic N) is 2. The molecular weight excluding hydrogens is 398 g/mol. The molecule has 0 aliphatic carbocycles. The summed E-state index contributed by atoms with van der Waals surface area (Å²) in [6, 6.07) is 14.2. The van der Waals surface area contributed by atoms with Gasteiger partial charge in [-0.05, 0) is 43.3 Å². The highest BCUT2D eigenvalue weighted by atomic mass is 35.5. The van der Waals surface area contributed by atoms with Gasteiger partial charge in [0.2, 0.25) is 11.8 Å². The van der Waals surface area contributed by atoms with E-state index in [2.05, 4.69) is 10.3 Å². The van der Waals surface area contributed by atoms with Crippen molar-refractivity contribution in [3.8, 4) is 5.75 Å². The first-order chi connectivity index (χ1) is 13.5. The van der Waals surface area contributed by atoms with Crippen LogP contribution in [0.1, 0.15) is 13.3 Å². The topological polar surface area (TPSA) is 71.0 Å². The van der Waals surface area contributed by atoms with E-state index in [0.29, 0.717) is 33.9 Å². The fourth-order valence-corrected chi connectivity index (χ4v) is 4.10. The minimum absolute atomic E-state index is 0.0631. The fraction of sp³-hybridized carbons (Fsp3) is 0.250. The molecule has 0 saturated carbocycles. The molecule has 28 heavy (non-hydrogen) atoms. The van der Waals surface area contributed by atoms with E-state index < -0.39 is 5.25 Å². The highest BCUT2D eigenvalue weighted by Gasteiger charge is 2.38. The number of rotatable bonds is 6. The maximum atomic E-state index is 12.7. The Morgan fingerprint density at radius 3 is 2.64 bits per heavy atom. The summed E-state index contributed by atoms with van der Waals surface area (Å²) in [5, 5.41) is 3.44. The van der Waals surface area contributed by atoms with Crippen LogP contribution in [0.5, 0.6) is 5.75 Å². The van der Waals surface area contributed by atoms with Crippen molar-refractivity contribution >= 4 is 51.7 Å². The largest absolute Gasteiger partial charge is 0.494 e. The predicted octanol–water partition coefficient (Wildman–Crippen LogP) is 4.33. The van der Waals surface area contributed by atoms with Gasteiger partial charge < -0.3 is 10.1 Å². The third-order valence-electron chi connectivity index (χ3n) is 4.14. The smallest absolute Gasteiger partial charge is 0.242 e. The zero-order chi connectivity index (χ0) is 20.1. The lowest BCUT2D eigenvalue weighted by atomic mass is 10.2. The molecule has 2 amide bonds. The van der Waals surface area contributed by atoms with Gasteiger partial charge in [-0.2, -0.15) is 0 Å². The van der Waals surface area contributed by atoms with Gasteiger partial charge in [0.25, 0.3) is 0 Å². The van der Waals surface area contributed by atoms with Crippen molar-refractivity contribution in [1.29, 1.82) is 0 Å². The third kappa shape index (κ3) is 4.66. The average molecular weight is 418 g/mol. The Morgan fingerprint density at radius 2 is 1.96 bits per heavy atom. The lowest BCUT2D eigenvalue weighted by Gasteiger charge is -2.14. The number of benzene rings is 2. The van der Waals surface area contributed by atoms with Crippen LogP contribution in [0.25, 0.3) is 0 Å². The minimum atomic E-state index is -0.513. The van der Waals surface area contributed by atoms with Crippen molar-refractivity contribution < 1.29 is 14.3 Å². The van der Waals surface area contributed by atoms with Gasteiger partial charge in [0, 0.05) is 23.7 Å². The zero-order valence-corrected chi connectivity index (χ0v) is 17.1. The summed E-state index contributed by atoms with van der Waals surface area (Å²) in [6.45, 7) is 2.36. The van der Waals surface area contributed by atoms with Crippen LogP contribution < -0.4 is 10.1 Å². The molecule has 1 heterocycles. The first-order valence-corrected chi connectivity index (χ1v) is 10.0. The fourth-order valence-electron chi connectivity index (χ4n) is 2.75. The van der Waals surface area contributed by atoms with Crippen LogP contribution in [0.15, 0.2) is 53.5 Å². The Labute approximate surface area is 172 Å². The van der Waals surface area contributed by atoms with Crippen molar-refractivity contribution in [3.63, 3.8) is 0 Å². The number of anilines is 1. The first kappa shape index (κ1) is 20.2. The molecule has 2 aromatic carbocycles. The standard InChI is InChI=1S/C20H20ClN3O3S/c1-3-24-19(26)17(12-18(25)22-14-10-8-13(21)9-11-14)28-20(24)23-15-6-4-5-7-16(15)27-2/h4-11,17H,3,12H2,1-2H3,(H,22,25). The second-order valence-electron chi connectivity index (χ2n) is 6.01. The van der Waals surface area contributed by atoms with Crippen LogP contribution in [-0.4, -0.2) is 40.8 Å². The van der Waals surface area contributed by atoms with E-state index in [9.17, 15) is 9.59 Å². The van der Waals surface area contributed by atoms with E-state index in [1.54, 1.807) is 36.3 Å². The highest BCUT2D eigenvalue weighted by molar-refractivity contribution is 8.15. The molecule has 2 aromatic rings. The number of amides is 2. The summed E-state index contributed by atoms with van der Waals surface area (Å²) in [6.07, 6.45) is 0.0631. The van der Waals surface area contributed by atoms with Gasteiger partial charge in [-0.3, -0.25) is 14.5 Å². The Morgan fingerprint density at radius 1 is 1.25 bits per heavy atom. The van der Waals surface area contributed by atoms with Gasteiger partial charge in [0.15, 0.2) is 5.17 Å². The molecule has 146 valence electrons. The van der Waals surface area contributed by atoms with Crippen LogP contribution >= 0.6 is 23.4 Å². The van der Waals surface area contributed by atoms with Crippen LogP contribution in [-0.2, 0) is 9.59 Å². The molecule has 1 atom stereocenters. The summed E-state index contributed by atoms with van der Waals surface area (Å²) in [7, 11) is 1.58. The summed E-state index contributed by atoms with van der Waals surface area (Å²) < 4.78 is 5.32. The number of amidine groups is 1. The molecule has 8 heteroatoms. The Kier molecular flexibility index (Phi) is 6.59.